The van der Waals surface area contributed by atoms with Crippen molar-refractivity contribution in [1.82, 2.24) is 4.31 Å². The topological polar surface area (TPSA) is 63.4 Å². The van der Waals surface area contributed by atoms with Gasteiger partial charge in [-0.3, -0.25) is 0 Å². The van der Waals surface area contributed by atoms with Crippen molar-refractivity contribution < 1.29 is 8.42 Å². The average molecular weight is 449 g/mol. The summed E-state index contributed by atoms with van der Waals surface area (Å²) in [5.41, 5.74) is 13.8. The lowest BCUT2D eigenvalue weighted by atomic mass is 9.78. The first-order chi connectivity index (χ1) is 15.0. The van der Waals surface area contributed by atoms with Crippen LogP contribution in [0.3, 0.4) is 0 Å². The van der Waals surface area contributed by atoms with Gasteiger partial charge >= 0.3 is 0 Å². The van der Waals surface area contributed by atoms with Crippen LogP contribution in [0.25, 0.3) is 11.1 Å². The molecule has 0 aromatic heterocycles. The molecular formula is C27H32N2O2S. The molecule has 0 radical (unpaired) electrons. The Hall–Kier alpha value is -2.47. The van der Waals surface area contributed by atoms with Gasteiger partial charge in [0.05, 0.1) is 4.90 Å². The maximum atomic E-state index is 13.7. The summed E-state index contributed by atoms with van der Waals surface area (Å²) in [4.78, 5) is 0.443. The van der Waals surface area contributed by atoms with Crippen LogP contribution in [0.1, 0.15) is 47.2 Å². The average Bonchev–Trinajstić information content (AvgIpc) is 2.72. The van der Waals surface area contributed by atoms with E-state index in [0.717, 1.165) is 38.9 Å². The molecule has 0 amide bonds. The van der Waals surface area contributed by atoms with Crippen molar-refractivity contribution in [1.29, 1.82) is 0 Å². The second-order valence-electron chi connectivity index (χ2n) is 9.66. The zero-order valence-corrected chi connectivity index (χ0v) is 20.4. The minimum Gasteiger partial charge on any atom is -0.326 e. The van der Waals surface area contributed by atoms with Gasteiger partial charge in [-0.1, -0.05) is 74.0 Å². The highest BCUT2D eigenvalue weighted by Gasteiger charge is 2.38. The molecule has 4 rings (SSSR count). The van der Waals surface area contributed by atoms with E-state index in [9.17, 15) is 8.42 Å². The molecule has 3 aromatic carbocycles. The second kappa shape index (κ2) is 8.14. The molecule has 168 valence electrons. The molecule has 3 aromatic rings. The molecule has 0 saturated carbocycles. The van der Waals surface area contributed by atoms with Gasteiger partial charge in [-0.05, 0) is 59.7 Å². The highest BCUT2D eigenvalue weighted by atomic mass is 32.2. The summed E-state index contributed by atoms with van der Waals surface area (Å²) in [6.07, 6.45) is 0. The normalized spacial score (nSPS) is 16.1. The molecule has 0 atom stereocenters. The number of aryl methyl sites for hydroxylation is 3. The van der Waals surface area contributed by atoms with E-state index in [1.165, 1.54) is 5.56 Å². The molecule has 0 fully saturated rings. The van der Waals surface area contributed by atoms with Crippen molar-refractivity contribution >= 4 is 10.0 Å². The zero-order valence-electron chi connectivity index (χ0n) is 19.6. The predicted octanol–water partition coefficient (Wildman–Crippen LogP) is 5.22. The van der Waals surface area contributed by atoms with Crippen LogP contribution in [0.2, 0.25) is 0 Å². The van der Waals surface area contributed by atoms with E-state index >= 15 is 0 Å². The number of sulfonamides is 1. The molecule has 1 heterocycles. The third kappa shape index (κ3) is 4.01. The standard InChI is InChI=1S/C27H32N2O2S/c1-18-12-19(2)26(20(3)13-18)32(30,31)29-16-24-11-10-23(14-25(24)27(4,5)17-29)22-8-6-21(15-28)7-9-22/h6-14H,15-17,28H2,1-5H3. The first-order valence-corrected chi connectivity index (χ1v) is 12.5. The minimum absolute atomic E-state index is 0.305. The first kappa shape index (κ1) is 22.7. The monoisotopic (exact) mass is 448 g/mol. The lowest BCUT2D eigenvalue weighted by Crippen LogP contribution is -2.45. The van der Waals surface area contributed by atoms with Crippen LogP contribution in [0, 0.1) is 20.8 Å². The minimum atomic E-state index is -3.60. The number of rotatable bonds is 4. The first-order valence-electron chi connectivity index (χ1n) is 11.0. The summed E-state index contributed by atoms with van der Waals surface area (Å²) < 4.78 is 29.1. The van der Waals surface area contributed by atoms with E-state index in [2.05, 4.69) is 56.3 Å². The van der Waals surface area contributed by atoms with E-state index in [1.54, 1.807) is 4.31 Å². The van der Waals surface area contributed by atoms with Gasteiger partial charge in [-0.2, -0.15) is 4.31 Å². The molecule has 1 aliphatic heterocycles. The molecule has 0 spiro atoms. The number of benzene rings is 3. The van der Waals surface area contributed by atoms with Crippen molar-refractivity contribution in [3.8, 4) is 11.1 Å². The fourth-order valence-corrected chi connectivity index (χ4v) is 6.99. The van der Waals surface area contributed by atoms with Crippen LogP contribution in [0.5, 0.6) is 0 Å². The number of nitrogens with zero attached hydrogens (tertiary/aromatic N) is 1. The highest BCUT2D eigenvalue weighted by Crippen LogP contribution is 2.39. The van der Waals surface area contributed by atoms with Crippen molar-refractivity contribution in [2.24, 2.45) is 5.73 Å². The van der Waals surface area contributed by atoms with Gasteiger partial charge in [-0.15, -0.1) is 0 Å². The molecule has 1 aliphatic rings. The van der Waals surface area contributed by atoms with Gasteiger partial charge in [0.15, 0.2) is 0 Å². The van der Waals surface area contributed by atoms with Gasteiger partial charge in [0.2, 0.25) is 10.0 Å². The summed E-state index contributed by atoms with van der Waals surface area (Å²) in [5, 5.41) is 0. The number of hydrogen-bond donors (Lipinski definition) is 1. The quantitative estimate of drug-likeness (QED) is 0.595. The van der Waals surface area contributed by atoms with Gasteiger partial charge in [-0.25, -0.2) is 8.42 Å². The molecule has 4 nitrogen and oxygen atoms in total. The molecule has 0 bridgehead atoms. The summed E-state index contributed by atoms with van der Waals surface area (Å²) in [6.45, 7) is 11.4. The molecule has 2 N–H and O–H groups in total. The SMILES string of the molecule is Cc1cc(C)c(S(=O)(=O)N2Cc3ccc(-c4ccc(CN)cc4)cc3C(C)(C)C2)c(C)c1. The summed E-state index contributed by atoms with van der Waals surface area (Å²) in [5.74, 6) is 0. The smallest absolute Gasteiger partial charge is 0.243 e. The van der Waals surface area contributed by atoms with E-state index in [0.29, 0.717) is 24.5 Å². The summed E-state index contributed by atoms with van der Waals surface area (Å²) >= 11 is 0. The van der Waals surface area contributed by atoms with E-state index < -0.39 is 10.0 Å². The van der Waals surface area contributed by atoms with Crippen LogP contribution < -0.4 is 5.73 Å². The zero-order chi connectivity index (χ0) is 23.3. The molecule has 0 saturated heterocycles. The third-order valence-corrected chi connectivity index (χ3v) is 8.58. The maximum Gasteiger partial charge on any atom is 0.243 e. The van der Waals surface area contributed by atoms with E-state index in [-0.39, 0.29) is 5.41 Å². The lowest BCUT2D eigenvalue weighted by Gasteiger charge is -2.40. The third-order valence-electron chi connectivity index (χ3n) is 6.48. The molecule has 0 unspecified atom stereocenters. The Bertz CT molecular complexity index is 1250. The molecule has 0 aliphatic carbocycles. The Morgan fingerprint density at radius 2 is 1.50 bits per heavy atom. The molecular weight excluding hydrogens is 416 g/mol. The van der Waals surface area contributed by atoms with Crippen molar-refractivity contribution in [3.05, 3.63) is 88.0 Å². The fourth-order valence-electron chi connectivity index (χ4n) is 5.00. The van der Waals surface area contributed by atoms with Crippen LogP contribution in [-0.4, -0.2) is 19.3 Å². The van der Waals surface area contributed by atoms with Crippen molar-refractivity contribution in [2.45, 2.75) is 58.0 Å². The number of hydrogen-bond acceptors (Lipinski definition) is 3. The summed E-state index contributed by atoms with van der Waals surface area (Å²) in [6, 6.07) is 18.6. The van der Waals surface area contributed by atoms with Crippen LogP contribution >= 0.6 is 0 Å². The van der Waals surface area contributed by atoms with Crippen LogP contribution in [0.4, 0.5) is 0 Å². The maximum absolute atomic E-state index is 13.7. The Labute approximate surface area is 192 Å². The Morgan fingerprint density at radius 3 is 2.09 bits per heavy atom. The fraction of sp³-hybridized carbons (Fsp3) is 0.333. The van der Waals surface area contributed by atoms with Gasteiger partial charge in [0, 0.05) is 25.0 Å². The summed E-state index contributed by atoms with van der Waals surface area (Å²) in [7, 11) is -3.60. The molecule has 5 heteroatoms. The Kier molecular flexibility index (Phi) is 5.78. The number of fused-ring (bicyclic) bond motifs is 1. The largest absolute Gasteiger partial charge is 0.326 e. The van der Waals surface area contributed by atoms with Gasteiger partial charge < -0.3 is 5.73 Å². The lowest BCUT2D eigenvalue weighted by molar-refractivity contribution is 0.299. The van der Waals surface area contributed by atoms with Gasteiger partial charge in [0.1, 0.15) is 0 Å². The molecule has 32 heavy (non-hydrogen) atoms. The van der Waals surface area contributed by atoms with Crippen LogP contribution in [0.15, 0.2) is 59.5 Å². The van der Waals surface area contributed by atoms with Crippen molar-refractivity contribution in [2.75, 3.05) is 6.54 Å². The number of nitrogens with two attached hydrogens (primary N) is 1. The Morgan fingerprint density at radius 1 is 0.906 bits per heavy atom. The predicted molar refractivity (Wildman–Crippen MR) is 131 cm³/mol. The Balaban J connectivity index is 1.73. The van der Waals surface area contributed by atoms with Gasteiger partial charge in [0.25, 0.3) is 0 Å². The van der Waals surface area contributed by atoms with Crippen molar-refractivity contribution in [3.63, 3.8) is 0 Å². The van der Waals surface area contributed by atoms with Crippen LogP contribution in [-0.2, 0) is 28.5 Å². The highest BCUT2D eigenvalue weighted by molar-refractivity contribution is 7.89. The van der Waals surface area contributed by atoms with E-state index in [4.69, 9.17) is 5.73 Å². The van der Waals surface area contributed by atoms with E-state index in [1.807, 2.05) is 32.9 Å². The second-order valence-corrected chi connectivity index (χ2v) is 11.5.